The Kier molecular flexibility index (Phi) is 7.51. The first-order chi connectivity index (χ1) is 26.2. The molecule has 5 aromatic carbocycles. The normalized spacial score (nSPS) is 16.3. The van der Waals surface area contributed by atoms with Crippen LogP contribution in [0.4, 0.5) is 0 Å². The Hall–Kier alpha value is -6.37. The fraction of sp³-hybridized carbons (Fsp3) is 0.140. The number of fused-ring (bicyclic) bond motifs is 6. The molecule has 0 saturated heterocycles. The van der Waals surface area contributed by atoms with E-state index in [0.29, 0.717) is 0 Å². The number of allylic oxidation sites excluding steroid dienone is 6. The van der Waals surface area contributed by atoms with Gasteiger partial charge < -0.3 is 9.13 Å². The topological polar surface area (TPSA) is 33.6 Å². The molecule has 0 saturated carbocycles. The van der Waals surface area contributed by atoms with E-state index in [1.165, 1.54) is 89.0 Å². The molecule has 0 N–H and O–H groups in total. The summed E-state index contributed by atoms with van der Waals surface area (Å²) < 4.78 is 4.99. The van der Waals surface area contributed by atoms with E-state index in [1.54, 1.807) is 0 Å². The van der Waals surface area contributed by atoms with Crippen LogP contribution in [0.1, 0.15) is 54.7 Å². The van der Waals surface area contributed by atoms with Crippen molar-refractivity contribution < 1.29 is 0 Å². The van der Waals surface area contributed by atoms with Gasteiger partial charge >= 0.3 is 0 Å². The molecule has 7 aromatic rings. The molecular weight excluding hydrogens is 643 g/mol. The van der Waals surface area contributed by atoms with Crippen LogP contribution in [0.15, 0.2) is 151 Å². The van der Waals surface area contributed by atoms with Gasteiger partial charge in [-0.2, -0.15) is 5.26 Å². The van der Waals surface area contributed by atoms with Crippen molar-refractivity contribution in [2.75, 3.05) is 0 Å². The lowest BCUT2D eigenvalue weighted by atomic mass is 9.88. The molecule has 0 amide bonds. The number of hydrogen-bond acceptors (Lipinski definition) is 1. The maximum absolute atomic E-state index is 9.73. The maximum atomic E-state index is 9.73. The molecule has 2 heterocycles. The number of hydrogen-bond donors (Lipinski definition) is 0. The van der Waals surface area contributed by atoms with Crippen molar-refractivity contribution in [3.05, 3.63) is 173 Å². The molecule has 0 bridgehead atoms. The van der Waals surface area contributed by atoms with Gasteiger partial charge in [-0.1, -0.05) is 115 Å². The minimum atomic E-state index is 0.136. The molecule has 3 heteroatoms. The Bertz CT molecular complexity index is 2770. The van der Waals surface area contributed by atoms with E-state index in [1.807, 2.05) is 6.08 Å². The van der Waals surface area contributed by atoms with Crippen LogP contribution in [-0.4, -0.2) is 9.13 Å². The summed E-state index contributed by atoms with van der Waals surface area (Å²) in [6.45, 7) is 2.25. The Balaban J connectivity index is 1.17. The lowest BCUT2D eigenvalue weighted by Crippen LogP contribution is -2.13. The molecule has 3 nitrogen and oxygen atoms in total. The van der Waals surface area contributed by atoms with Crippen molar-refractivity contribution in [2.24, 2.45) is 0 Å². The van der Waals surface area contributed by atoms with Crippen molar-refractivity contribution in [1.82, 2.24) is 9.13 Å². The molecule has 3 aliphatic rings. The lowest BCUT2D eigenvalue weighted by Gasteiger charge is -2.23. The maximum Gasteiger partial charge on any atom is 0.0988 e. The molecule has 10 rings (SSSR count). The van der Waals surface area contributed by atoms with E-state index >= 15 is 0 Å². The van der Waals surface area contributed by atoms with Crippen molar-refractivity contribution in [3.8, 4) is 45.1 Å². The second kappa shape index (κ2) is 12.7. The first kappa shape index (κ1) is 31.4. The fourth-order valence-electron chi connectivity index (χ4n) is 9.18. The van der Waals surface area contributed by atoms with Crippen molar-refractivity contribution in [1.29, 1.82) is 5.26 Å². The molecule has 2 aromatic heterocycles. The molecule has 0 radical (unpaired) electrons. The van der Waals surface area contributed by atoms with Gasteiger partial charge in [-0.25, -0.2) is 0 Å². The zero-order chi connectivity index (χ0) is 35.5. The number of nitrogens with zero attached hydrogens (tertiary/aromatic N) is 3. The monoisotopic (exact) mass is 681 g/mol. The van der Waals surface area contributed by atoms with E-state index in [0.717, 1.165) is 37.7 Å². The van der Waals surface area contributed by atoms with Gasteiger partial charge in [0.25, 0.3) is 0 Å². The second-order valence-corrected chi connectivity index (χ2v) is 14.7. The molecule has 0 fully saturated rings. The molecule has 0 aliphatic heterocycles. The first-order valence-electron chi connectivity index (χ1n) is 18.9. The van der Waals surface area contributed by atoms with E-state index in [-0.39, 0.29) is 6.04 Å². The summed E-state index contributed by atoms with van der Waals surface area (Å²) in [5, 5.41) is 12.3. The summed E-state index contributed by atoms with van der Waals surface area (Å²) in [5.74, 6) is 0. The van der Waals surface area contributed by atoms with E-state index in [4.69, 9.17) is 0 Å². The van der Waals surface area contributed by atoms with Crippen molar-refractivity contribution >= 4 is 34.0 Å². The number of aryl methyl sites for hydroxylation is 1. The second-order valence-electron chi connectivity index (χ2n) is 14.7. The summed E-state index contributed by atoms with van der Waals surface area (Å²) in [7, 11) is 0. The van der Waals surface area contributed by atoms with E-state index < -0.39 is 0 Å². The number of nitriles is 1. The molecule has 254 valence electrons. The standard InChI is InChI=1S/C50H39N3/c1-33-25-27-48-45(29-33)46-31-35(26-28-49(46)52(48)37-16-11-13-34(30-37)32-51)38-17-5-6-18-39(38)40-19-7-8-20-41(40)43-22-12-23-44-42-21-9-10-24-47(42)53(50(43)44)36-14-3-2-4-15-36/h2-8,10-15,17-20,22-24,26,28-31,37H,9,16,21,25,27H2,1H3. The molecule has 0 spiro atoms. The van der Waals surface area contributed by atoms with Gasteiger partial charge in [-0.3, -0.25) is 0 Å². The van der Waals surface area contributed by atoms with Gasteiger partial charge in [0.05, 0.1) is 17.6 Å². The highest BCUT2D eigenvalue weighted by Crippen LogP contribution is 2.45. The fourth-order valence-corrected chi connectivity index (χ4v) is 9.18. The Morgan fingerprint density at radius 2 is 1.42 bits per heavy atom. The predicted molar refractivity (Wildman–Crippen MR) is 221 cm³/mol. The summed E-state index contributed by atoms with van der Waals surface area (Å²) in [5.41, 5.74) is 18.6. The van der Waals surface area contributed by atoms with Crippen LogP contribution < -0.4 is 0 Å². The lowest BCUT2D eigenvalue weighted by molar-refractivity contribution is 0.595. The smallest absolute Gasteiger partial charge is 0.0988 e. The van der Waals surface area contributed by atoms with Crippen LogP contribution in [0.25, 0.3) is 73.0 Å². The number of para-hydroxylation sites is 2. The Labute approximate surface area is 310 Å². The summed E-state index contributed by atoms with van der Waals surface area (Å²) in [4.78, 5) is 0. The van der Waals surface area contributed by atoms with Gasteiger partial charge in [0.1, 0.15) is 0 Å². The van der Waals surface area contributed by atoms with Gasteiger partial charge in [-0.05, 0) is 115 Å². The number of rotatable bonds is 5. The Morgan fingerprint density at radius 3 is 2.23 bits per heavy atom. The van der Waals surface area contributed by atoms with Crippen LogP contribution in [0.2, 0.25) is 0 Å². The van der Waals surface area contributed by atoms with Crippen LogP contribution in [0, 0.1) is 11.3 Å². The molecular formula is C50H39N3. The molecule has 1 atom stereocenters. The van der Waals surface area contributed by atoms with Gasteiger partial charge in [0.2, 0.25) is 0 Å². The number of benzene rings is 5. The third-order valence-electron chi connectivity index (χ3n) is 11.5. The van der Waals surface area contributed by atoms with Crippen LogP contribution in [0.5, 0.6) is 0 Å². The van der Waals surface area contributed by atoms with Crippen molar-refractivity contribution in [2.45, 2.75) is 45.1 Å². The Morgan fingerprint density at radius 1 is 0.679 bits per heavy atom. The highest BCUT2D eigenvalue weighted by Gasteiger charge is 2.26. The predicted octanol–water partition coefficient (Wildman–Crippen LogP) is 12.8. The van der Waals surface area contributed by atoms with E-state index in [9.17, 15) is 5.26 Å². The van der Waals surface area contributed by atoms with Crippen LogP contribution in [0.3, 0.4) is 0 Å². The first-order valence-corrected chi connectivity index (χ1v) is 18.9. The van der Waals surface area contributed by atoms with Crippen LogP contribution in [-0.2, 0) is 12.8 Å². The minimum Gasteiger partial charge on any atom is -0.337 e. The molecule has 53 heavy (non-hydrogen) atoms. The zero-order valence-corrected chi connectivity index (χ0v) is 29.9. The largest absolute Gasteiger partial charge is 0.337 e. The average Bonchev–Trinajstić information content (AvgIpc) is 3.73. The highest BCUT2D eigenvalue weighted by molar-refractivity contribution is 6.05. The highest BCUT2D eigenvalue weighted by atomic mass is 15.0. The quantitative estimate of drug-likeness (QED) is 0.178. The molecule has 3 aliphatic carbocycles. The number of aromatic nitrogens is 2. The average molecular weight is 682 g/mol. The zero-order valence-electron chi connectivity index (χ0n) is 29.9. The van der Waals surface area contributed by atoms with Gasteiger partial charge in [-0.15, -0.1) is 0 Å². The minimum absolute atomic E-state index is 0.136. The van der Waals surface area contributed by atoms with E-state index in [2.05, 4.69) is 168 Å². The third kappa shape index (κ3) is 5.09. The van der Waals surface area contributed by atoms with Gasteiger partial charge in [0.15, 0.2) is 0 Å². The molecule has 1 unspecified atom stereocenters. The summed E-state index contributed by atoms with van der Waals surface area (Å²) in [6, 6.07) is 45.1. The van der Waals surface area contributed by atoms with Crippen LogP contribution >= 0.6 is 0 Å². The summed E-state index contributed by atoms with van der Waals surface area (Å²) >= 11 is 0. The van der Waals surface area contributed by atoms with Crippen molar-refractivity contribution in [3.63, 3.8) is 0 Å². The third-order valence-corrected chi connectivity index (χ3v) is 11.5. The summed E-state index contributed by atoms with van der Waals surface area (Å²) in [6.07, 6.45) is 18.4. The van der Waals surface area contributed by atoms with Gasteiger partial charge in [0, 0.05) is 50.1 Å². The SMILES string of the molecule is CC1=Cc2c(n(C3C=C(C#N)C=CC3)c3ccc(-c4ccccc4-c4ccccc4-c4cccc5c6c(n(-c7ccccc7)c45)C=CCC6)cc23)CC1.